The molecule has 0 bridgehead atoms. The first-order chi connectivity index (χ1) is 2.77. The summed E-state index contributed by atoms with van der Waals surface area (Å²) in [7, 11) is -0.147. The van der Waals surface area contributed by atoms with Gasteiger partial charge in [0.15, 0.2) is 0 Å². The Morgan fingerprint density at radius 3 is 2.50 bits per heavy atom. The molecule has 0 saturated carbocycles. The largest absolute Gasteiger partial charge is 0.483 e. The lowest BCUT2D eigenvalue weighted by Crippen LogP contribution is -1.73. The molecule has 0 aromatic carbocycles. The number of rotatable bonds is 2. The molecule has 6 heavy (non-hydrogen) atoms. The van der Waals surface area contributed by atoms with Gasteiger partial charge >= 0.3 is 7.15 Å². The van der Waals surface area contributed by atoms with Crippen LogP contribution in [-0.2, 0) is 9.30 Å². The molecule has 0 rings (SSSR count). The Hall–Kier alpha value is 0.350. The van der Waals surface area contributed by atoms with Crippen molar-refractivity contribution in [2.24, 2.45) is 0 Å². The summed E-state index contributed by atoms with van der Waals surface area (Å²) in [6, 6.07) is 0. The molecule has 1 atom stereocenters. The normalized spacial score (nSPS) is 11.3. The molecule has 2 nitrogen and oxygen atoms in total. The van der Waals surface area contributed by atoms with Crippen molar-refractivity contribution in [2.75, 3.05) is 13.5 Å². The highest BCUT2D eigenvalue weighted by molar-refractivity contribution is 7.73. The van der Waals surface area contributed by atoms with Gasteiger partial charge in [-0.05, 0) is 4.57 Å². The van der Waals surface area contributed by atoms with Crippen LogP contribution in [0.1, 0.15) is 0 Å². The minimum atomic E-state index is -1.60. The Balaban J connectivity index is 2.83. The van der Waals surface area contributed by atoms with Crippen LogP contribution in [0.15, 0.2) is 0 Å². The molecule has 0 aromatic heterocycles. The van der Waals surface area contributed by atoms with Crippen LogP contribution >= 0.6 is 18.4 Å². The first-order valence-electron chi connectivity index (χ1n) is 1.36. The molecule has 0 amide bonds. The van der Waals surface area contributed by atoms with E-state index in [2.05, 4.69) is 4.74 Å². The molecular weight excluding hydrogens is 122 g/mol. The first kappa shape index (κ1) is 6.35. The van der Waals surface area contributed by atoms with Crippen LogP contribution in [0.4, 0.5) is 0 Å². The van der Waals surface area contributed by atoms with E-state index in [9.17, 15) is 4.57 Å². The maximum absolute atomic E-state index is 9.83. The zero-order valence-corrected chi connectivity index (χ0v) is 5.00. The summed E-state index contributed by atoms with van der Waals surface area (Å²) < 4.78 is 14.2. The van der Waals surface area contributed by atoms with Gasteiger partial charge in [0.2, 0.25) is 11.2 Å². The highest BCUT2D eigenvalue weighted by Gasteiger charge is 2.06. The average molecular weight is 127 g/mol. The van der Waals surface area contributed by atoms with Crippen LogP contribution in [0.3, 0.4) is 0 Å². The second-order valence-electron chi connectivity index (χ2n) is 0.735. The third-order valence-electron chi connectivity index (χ3n) is 0.231. The SMILES string of the molecule is COC[P+](=O)Cl. The molecule has 0 saturated heterocycles. The number of ether oxygens (including phenoxy) is 1. The predicted octanol–water partition coefficient (Wildman–Crippen LogP) is 1.57. The van der Waals surface area contributed by atoms with E-state index in [1.54, 1.807) is 0 Å². The van der Waals surface area contributed by atoms with Crippen molar-refractivity contribution < 1.29 is 9.30 Å². The van der Waals surface area contributed by atoms with Crippen LogP contribution in [0.25, 0.3) is 0 Å². The summed E-state index contributed by atoms with van der Waals surface area (Å²) in [4.78, 5) is 0. The summed E-state index contributed by atoms with van der Waals surface area (Å²) in [5.41, 5.74) is 0. The van der Waals surface area contributed by atoms with E-state index in [-0.39, 0.29) is 6.35 Å². The fourth-order valence-corrected chi connectivity index (χ4v) is 0.597. The Bertz CT molecular complexity index is 55.5. The lowest BCUT2D eigenvalue weighted by atomic mass is 11.5. The van der Waals surface area contributed by atoms with Gasteiger partial charge in [-0.2, -0.15) is 0 Å². The molecule has 4 heteroatoms. The number of hydrogen-bond donors (Lipinski definition) is 0. The zero-order valence-electron chi connectivity index (χ0n) is 3.35. The molecule has 1 unspecified atom stereocenters. The minimum Gasteiger partial charge on any atom is -0.339 e. The number of methoxy groups -OCH3 is 1. The molecule has 0 aliphatic carbocycles. The molecular formula is C2H5ClO2P+. The molecule has 0 aliphatic rings. The Morgan fingerprint density at radius 2 is 2.50 bits per heavy atom. The van der Waals surface area contributed by atoms with Gasteiger partial charge in [0, 0.05) is 7.11 Å². The lowest BCUT2D eigenvalue weighted by Gasteiger charge is -1.71. The Kier molecular flexibility index (Phi) is 3.74. The van der Waals surface area contributed by atoms with Gasteiger partial charge in [0.25, 0.3) is 6.35 Å². The van der Waals surface area contributed by atoms with Crippen LogP contribution in [-0.4, -0.2) is 13.5 Å². The van der Waals surface area contributed by atoms with Crippen molar-refractivity contribution in [1.82, 2.24) is 0 Å². The summed E-state index contributed by atoms with van der Waals surface area (Å²) >= 11 is 4.96. The number of hydrogen-bond acceptors (Lipinski definition) is 2. The van der Waals surface area contributed by atoms with Crippen molar-refractivity contribution in [1.29, 1.82) is 0 Å². The van der Waals surface area contributed by atoms with Crippen molar-refractivity contribution in [3.05, 3.63) is 0 Å². The fourth-order valence-electron chi connectivity index (χ4n) is 0.101. The first-order valence-corrected chi connectivity index (χ1v) is 3.71. The van der Waals surface area contributed by atoms with Crippen molar-refractivity contribution >= 4 is 18.4 Å². The second kappa shape index (κ2) is 3.54. The maximum Gasteiger partial charge on any atom is 0.483 e. The van der Waals surface area contributed by atoms with Crippen LogP contribution in [0.2, 0.25) is 0 Å². The number of halogens is 1. The standard InChI is InChI=1S/C2H5ClO2P/c1-5-2-6(3)4/h2H2,1H3/q+1. The third-order valence-corrected chi connectivity index (χ3v) is 0.985. The van der Waals surface area contributed by atoms with Gasteiger partial charge in [-0.1, -0.05) is 0 Å². The molecule has 0 spiro atoms. The predicted molar refractivity (Wildman–Crippen MR) is 25.3 cm³/mol. The van der Waals surface area contributed by atoms with E-state index in [1.165, 1.54) is 7.11 Å². The summed E-state index contributed by atoms with van der Waals surface area (Å²) in [6.45, 7) is 0. The smallest absolute Gasteiger partial charge is 0.339 e. The van der Waals surface area contributed by atoms with Gasteiger partial charge in [0.05, 0.1) is 0 Å². The molecule has 0 fully saturated rings. The monoisotopic (exact) mass is 127 g/mol. The van der Waals surface area contributed by atoms with Gasteiger partial charge in [-0.25, -0.2) is 0 Å². The van der Waals surface area contributed by atoms with Crippen molar-refractivity contribution in [3.63, 3.8) is 0 Å². The second-order valence-corrected chi connectivity index (χ2v) is 2.76. The van der Waals surface area contributed by atoms with Crippen LogP contribution in [0, 0.1) is 0 Å². The molecule has 0 aromatic rings. The van der Waals surface area contributed by atoms with Crippen molar-refractivity contribution in [3.8, 4) is 0 Å². The van der Waals surface area contributed by atoms with E-state index in [0.717, 1.165) is 0 Å². The van der Waals surface area contributed by atoms with Gasteiger partial charge in [-0.15, -0.1) is 0 Å². The molecule has 0 radical (unpaired) electrons. The topological polar surface area (TPSA) is 26.3 Å². The van der Waals surface area contributed by atoms with E-state index in [0.29, 0.717) is 0 Å². The Labute approximate surface area is 42.0 Å². The molecule has 0 N–H and O–H groups in total. The molecule has 36 valence electrons. The lowest BCUT2D eigenvalue weighted by molar-refractivity contribution is 0.253. The zero-order chi connectivity index (χ0) is 4.99. The minimum absolute atomic E-state index is 0.150. The van der Waals surface area contributed by atoms with Crippen LogP contribution < -0.4 is 0 Å². The van der Waals surface area contributed by atoms with E-state index in [1.807, 2.05) is 0 Å². The van der Waals surface area contributed by atoms with E-state index < -0.39 is 7.15 Å². The highest BCUT2D eigenvalue weighted by atomic mass is 35.7. The van der Waals surface area contributed by atoms with E-state index >= 15 is 0 Å². The maximum atomic E-state index is 9.83. The quantitative estimate of drug-likeness (QED) is 0.527. The average Bonchev–Trinajstić information content (AvgIpc) is 1.35. The summed E-state index contributed by atoms with van der Waals surface area (Å²) in [6.07, 6.45) is 0.150. The van der Waals surface area contributed by atoms with Gasteiger partial charge < -0.3 is 4.74 Å². The van der Waals surface area contributed by atoms with Crippen LogP contribution in [0.5, 0.6) is 0 Å². The van der Waals surface area contributed by atoms with Crippen molar-refractivity contribution in [2.45, 2.75) is 0 Å². The summed E-state index contributed by atoms with van der Waals surface area (Å²) in [5, 5.41) is 0. The highest BCUT2D eigenvalue weighted by Crippen LogP contribution is 2.24. The van der Waals surface area contributed by atoms with Gasteiger partial charge in [-0.3, -0.25) is 0 Å². The third kappa shape index (κ3) is 4.35. The molecule has 0 aliphatic heterocycles. The fraction of sp³-hybridized carbons (Fsp3) is 1.00. The molecule has 0 heterocycles. The van der Waals surface area contributed by atoms with E-state index in [4.69, 9.17) is 11.2 Å². The van der Waals surface area contributed by atoms with Gasteiger partial charge in [0.1, 0.15) is 0 Å². The Morgan fingerprint density at radius 1 is 2.00 bits per heavy atom. The summed E-state index contributed by atoms with van der Waals surface area (Å²) in [5.74, 6) is 0.